The second-order valence-electron chi connectivity index (χ2n) is 17.3. The standard InChI is InChI=1S/C39H57NO4S2/c1-6-25-11-10-24-16-26-20-37(15-12-27-18-28-34-32(42)19-33(44-5)39(34,43)35(27,3)36(28,37)4)21-29(26)38(13-8-7-9-14-38)46-45-22-31(23(2)41)40-30(25)17-24/h10-11,17,23,26-29,31,33-34,40-41,43H,6-9,12-16,18-22H2,1-5H3. The van der Waals surface area contributed by atoms with Crippen LogP contribution in [0.25, 0.3) is 0 Å². The van der Waals surface area contributed by atoms with E-state index in [1.807, 2.05) is 17.7 Å². The normalized spacial score (nSPS) is 48.1. The lowest BCUT2D eigenvalue weighted by molar-refractivity contribution is -0.222. The molecule has 254 valence electrons. The molecule has 2 spiro atoms. The van der Waals surface area contributed by atoms with Crippen LogP contribution < -0.4 is 5.32 Å². The van der Waals surface area contributed by atoms with E-state index in [9.17, 15) is 15.0 Å². The summed E-state index contributed by atoms with van der Waals surface area (Å²) in [6.45, 7) is 9.13. The van der Waals surface area contributed by atoms with Crippen LogP contribution in [0.4, 0.5) is 5.69 Å². The average molecular weight is 668 g/mol. The number of hydrogen-bond acceptors (Lipinski definition) is 7. The van der Waals surface area contributed by atoms with Gasteiger partial charge >= 0.3 is 0 Å². The van der Waals surface area contributed by atoms with Gasteiger partial charge in [-0.15, -0.1) is 0 Å². The fraction of sp³-hybridized carbons (Fsp3) is 0.821. The third-order valence-electron chi connectivity index (χ3n) is 16.1. The Morgan fingerprint density at radius 1 is 1.07 bits per heavy atom. The van der Waals surface area contributed by atoms with E-state index in [0.717, 1.165) is 25.0 Å². The van der Waals surface area contributed by atoms with Crippen molar-refractivity contribution in [3.63, 3.8) is 0 Å². The largest absolute Gasteiger partial charge is 0.391 e. The van der Waals surface area contributed by atoms with E-state index in [2.05, 4.69) is 55.1 Å². The highest BCUT2D eigenvalue weighted by Crippen LogP contribution is 2.87. The lowest BCUT2D eigenvalue weighted by Crippen LogP contribution is -2.63. The maximum absolute atomic E-state index is 13.8. The maximum atomic E-state index is 13.8. The van der Waals surface area contributed by atoms with Crippen molar-refractivity contribution >= 4 is 33.1 Å². The van der Waals surface area contributed by atoms with Crippen LogP contribution >= 0.6 is 21.6 Å². The highest BCUT2D eigenvalue weighted by atomic mass is 33.1. The first-order chi connectivity index (χ1) is 22.0. The van der Waals surface area contributed by atoms with E-state index in [-0.39, 0.29) is 50.8 Å². The molecule has 0 saturated heterocycles. The molecule has 1 aliphatic heterocycles. The van der Waals surface area contributed by atoms with Gasteiger partial charge in [0.25, 0.3) is 0 Å². The predicted octanol–water partition coefficient (Wildman–Crippen LogP) is 7.85. The summed E-state index contributed by atoms with van der Waals surface area (Å²) in [7, 11) is 5.91. The number of methoxy groups -OCH3 is 1. The van der Waals surface area contributed by atoms with Crippen LogP contribution in [0.15, 0.2) is 18.2 Å². The van der Waals surface area contributed by atoms with Gasteiger partial charge in [0.2, 0.25) is 0 Å². The van der Waals surface area contributed by atoms with Gasteiger partial charge in [-0.3, -0.25) is 4.79 Å². The summed E-state index contributed by atoms with van der Waals surface area (Å²) in [6, 6.07) is 7.15. The van der Waals surface area contributed by atoms with E-state index in [0.29, 0.717) is 24.2 Å². The highest BCUT2D eigenvalue weighted by molar-refractivity contribution is 8.77. The van der Waals surface area contributed by atoms with Gasteiger partial charge in [-0.25, -0.2) is 0 Å². The van der Waals surface area contributed by atoms with E-state index in [1.165, 1.54) is 74.6 Å². The number of fused-ring (bicyclic) bond motifs is 6. The quantitative estimate of drug-likeness (QED) is 0.284. The Morgan fingerprint density at radius 3 is 2.57 bits per heavy atom. The minimum absolute atomic E-state index is 0.0125. The first-order valence-electron chi connectivity index (χ1n) is 18.6. The Balaban J connectivity index is 1.24. The molecule has 6 aliphatic carbocycles. The van der Waals surface area contributed by atoms with Crippen molar-refractivity contribution in [1.29, 1.82) is 0 Å². The first-order valence-corrected chi connectivity index (χ1v) is 20.9. The zero-order valence-corrected chi connectivity index (χ0v) is 30.4. The third kappa shape index (κ3) is 4.04. The van der Waals surface area contributed by atoms with E-state index < -0.39 is 11.7 Å². The molecule has 46 heavy (non-hydrogen) atoms. The molecule has 1 aromatic carbocycles. The Labute approximate surface area is 284 Å². The van der Waals surface area contributed by atoms with Crippen molar-refractivity contribution in [3.8, 4) is 0 Å². The molecule has 6 saturated carbocycles. The van der Waals surface area contributed by atoms with Gasteiger partial charge in [-0.05, 0) is 116 Å². The van der Waals surface area contributed by atoms with Crippen LogP contribution in [0.5, 0.6) is 0 Å². The van der Waals surface area contributed by atoms with Gasteiger partial charge in [0.05, 0.1) is 24.2 Å². The number of hydrogen-bond donors (Lipinski definition) is 3. The minimum atomic E-state index is -1.05. The summed E-state index contributed by atoms with van der Waals surface area (Å²) >= 11 is 0. The lowest BCUT2D eigenvalue weighted by atomic mass is 9.44. The summed E-state index contributed by atoms with van der Waals surface area (Å²) in [5, 5.41) is 27.6. The average Bonchev–Trinajstić information content (AvgIpc) is 3.64. The fourth-order valence-electron chi connectivity index (χ4n) is 13.9. The van der Waals surface area contributed by atoms with Crippen LogP contribution in [-0.2, 0) is 22.4 Å². The number of Topliss-reactive ketones (excluding diaryl/α,β-unsaturated/α-hetero) is 1. The Hall–Kier alpha value is -0.730. The molecule has 0 aromatic heterocycles. The number of anilines is 1. The molecule has 6 bridgehead atoms. The fourth-order valence-corrected chi connectivity index (χ4v) is 17.8. The smallest absolute Gasteiger partial charge is 0.141 e. The zero-order valence-electron chi connectivity index (χ0n) is 28.8. The van der Waals surface area contributed by atoms with Crippen molar-refractivity contribution in [2.45, 2.75) is 140 Å². The van der Waals surface area contributed by atoms with Crippen LogP contribution in [0.2, 0.25) is 0 Å². The molecule has 12 unspecified atom stereocenters. The van der Waals surface area contributed by atoms with Crippen molar-refractivity contribution in [1.82, 2.24) is 0 Å². The van der Waals surface area contributed by atoms with Crippen LogP contribution in [0.1, 0.15) is 109 Å². The van der Waals surface area contributed by atoms with Crippen molar-refractivity contribution in [3.05, 3.63) is 29.3 Å². The SMILES string of the molecule is CCc1ccc2cc1NC(C(C)O)CSSC1(CCCCC1)C1CC3(CCC4CC5C6C(=O)CC(OC)C6(O)C4(C)C53C)CC1C2. The molecule has 5 nitrogen and oxygen atoms in total. The molecule has 0 radical (unpaired) electrons. The third-order valence-corrected chi connectivity index (χ3v) is 19.5. The van der Waals surface area contributed by atoms with Gasteiger partial charge < -0.3 is 20.3 Å². The van der Waals surface area contributed by atoms with Gasteiger partial charge in [-0.1, -0.05) is 73.8 Å². The van der Waals surface area contributed by atoms with Crippen LogP contribution in [0, 0.1) is 45.8 Å². The monoisotopic (exact) mass is 667 g/mol. The molecule has 7 aliphatic rings. The van der Waals surface area contributed by atoms with Gasteiger partial charge in [-0.2, -0.15) is 0 Å². The molecule has 0 amide bonds. The summed E-state index contributed by atoms with van der Waals surface area (Å²) in [6.07, 6.45) is 14.1. The second kappa shape index (κ2) is 11.1. The van der Waals surface area contributed by atoms with Crippen LogP contribution in [-0.4, -0.2) is 57.5 Å². The van der Waals surface area contributed by atoms with Gasteiger partial charge in [0.15, 0.2) is 0 Å². The molecule has 6 fully saturated rings. The van der Waals surface area contributed by atoms with Gasteiger partial charge in [0, 0.05) is 35.1 Å². The number of nitrogens with one attached hydrogen (secondary N) is 1. The van der Waals surface area contributed by atoms with E-state index in [1.54, 1.807) is 7.11 Å². The Morgan fingerprint density at radius 2 is 1.85 bits per heavy atom. The molecular weight excluding hydrogens is 611 g/mol. The number of carbonyl (C=O) groups excluding carboxylic acids is 1. The second-order valence-corrected chi connectivity index (χ2v) is 20.0. The summed E-state index contributed by atoms with van der Waals surface area (Å²) < 4.78 is 6.25. The van der Waals surface area contributed by atoms with Gasteiger partial charge in [0.1, 0.15) is 11.4 Å². The number of aliphatic hydroxyl groups excluding tert-OH is 1. The van der Waals surface area contributed by atoms with Crippen molar-refractivity contribution in [2.75, 3.05) is 18.2 Å². The molecular formula is C39H57NO4S2. The Bertz CT molecular complexity index is 1380. The number of benzene rings is 1. The summed E-state index contributed by atoms with van der Waals surface area (Å²) in [5.74, 6) is 2.77. The molecule has 8 rings (SSSR count). The Kier molecular flexibility index (Phi) is 7.86. The number of carbonyl (C=O) groups is 1. The number of ether oxygens (including phenoxy) is 1. The maximum Gasteiger partial charge on any atom is 0.141 e. The first kappa shape index (κ1) is 32.5. The molecule has 12 atom stereocenters. The number of ketones is 1. The zero-order chi connectivity index (χ0) is 32.3. The molecule has 1 aromatic rings. The topological polar surface area (TPSA) is 78.8 Å². The summed E-state index contributed by atoms with van der Waals surface area (Å²) in [5.41, 5.74) is 2.61. The number of rotatable bonds is 3. The highest BCUT2D eigenvalue weighted by Gasteiger charge is 2.88. The molecule has 7 heteroatoms. The lowest BCUT2D eigenvalue weighted by Gasteiger charge is -2.62. The van der Waals surface area contributed by atoms with E-state index >= 15 is 0 Å². The molecule has 3 N–H and O–H groups in total. The number of aryl methyl sites for hydroxylation is 1. The number of aliphatic hydroxyl groups is 2. The van der Waals surface area contributed by atoms with Crippen LogP contribution in [0.3, 0.4) is 0 Å². The predicted molar refractivity (Wildman–Crippen MR) is 189 cm³/mol. The van der Waals surface area contributed by atoms with Crippen molar-refractivity contribution < 1.29 is 19.7 Å². The summed E-state index contributed by atoms with van der Waals surface area (Å²) in [4.78, 5) is 13.8. The minimum Gasteiger partial charge on any atom is -0.391 e. The van der Waals surface area contributed by atoms with Crippen molar-refractivity contribution in [2.24, 2.45) is 45.8 Å². The van der Waals surface area contributed by atoms with E-state index in [4.69, 9.17) is 4.74 Å². The molecule has 1 heterocycles.